The largest absolute Gasteiger partial charge is 0.333 e. The van der Waals surface area contributed by atoms with Gasteiger partial charge in [-0.25, -0.2) is 14.8 Å². The van der Waals surface area contributed by atoms with E-state index in [9.17, 15) is 14.4 Å². The summed E-state index contributed by atoms with van der Waals surface area (Å²) in [6.45, 7) is 1.81. The predicted molar refractivity (Wildman–Crippen MR) is 118 cm³/mol. The van der Waals surface area contributed by atoms with Gasteiger partial charge in [0.1, 0.15) is 6.54 Å². The third kappa shape index (κ3) is 4.28. The van der Waals surface area contributed by atoms with E-state index in [1.807, 2.05) is 55.5 Å². The summed E-state index contributed by atoms with van der Waals surface area (Å²) in [5.41, 5.74) is 1.49. The zero-order valence-electron chi connectivity index (χ0n) is 17.0. The molecular formula is C23H21N5O3. The topological polar surface area (TPSA) is 98.9 Å². The van der Waals surface area contributed by atoms with Gasteiger partial charge in [0.05, 0.1) is 6.54 Å². The Morgan fingerprint density at radius 2 is 1.68 bits per heavy atom. The number of carbonyl (C=O) groups is 1. The molecule has 0 saturated carbocycles. The first-order valence-corrected chi connectivity index (χ1v) is 9.94. The van der Waals surface area contributed by atoms with Crippen molar-refractivity contribution in [2.24, 2.45) is 0 Å². The molecule has 0 aliphatic carbocycles. The maximum Gasteiger partial charge on any atom is 0.333 e. The number of nitrogens with zero attached hydrogens (tertiary/aromatic N) is 4. The average molecular weight is 415 g/mol. The van der Waals surface area contributed by atoms with Gasteiger partial charge < -0.3 is 5.32 Å². The van der Waals surface area contributed by atoms with E-state index >= 15 is 0 Å². The van der Waals surface area contributed by atoms with Crippen LogP contribution in [0.5, 0.6) is 0 Å². The van der Waals surface area contributed by atoms with Gasteiger partial charge in [0.2, 0.25) is 5.91 Å². The lowest BCUT2D eigenvalue weighted by Gasteiger charge is -2.13. The van der Waals surface area contributed by atoms with Gasteiger partial charge in [-0.15, -0.1) is 0 Å². The molecule has 0 saturated heterocycles. The molecule has 0 unspecified atom stereocenters. The van der Waals surface area contributed by atoms with Crippen LogP contribution in [0.1, 0.15) is 18.1 Å². The van der Waals surface area contributed by atoms with Crippen molar-refractivity contribution in [2.45, 2.75) is 26.4 Å². The lowest BCUT2D eigenvalue weighted by Crippen LogP contribution is -2.42. The highest BCUT2D eigenvalue weighted by molar-refractivity contribution is 5.91. The first-order valence-electron chi connectivity index (χ1n) is 9.94. The van der Waals surface area contributed by atoms with Crippen LogP contribution in [0, 0.1) is 0 Å². The first kappa shape index (κ1) is 20.2. The fraction of sp³-hybridized carbons (Fsp3) is 0.174. The minimum absolute atomic E-state index is 0.0406. The van der Waals surface area contributed by atoms with E-state index < -0.39 is 17.2 Å². The van der Waals surface area contributed by atoms with Gasteiger partial charge in [-0.2, -0.15) is 0 Å². The molecule has 8 heteroatoms. The van der Waals surface area contributed by atoms with Crippen LogP contribution in [0.15, 0.2) is 76.6 Å². The minimum Gasteiger partial charge on any atom is -0.325 e. The van der Waals surface area contributed by atoms with Gasteiger partial charge in [0, 0.05) is 18.1 Å². The summed E-state index contributed by atoms with van der Waals surface area (Å²) in [7, 11) is 0. The molecule has 0 spiro atoms. The first-order chi connectivity index (χ1) is 15.1. The van der Waals surface area contributed by atoms with Crippen molar-refractivity contribution >= 4 is 22.8 Å². The molecule has 0 fully saturated rings. The van der Waals surface area contributed by atoms with Crippen molar-refractivity contribution in [3.05, 3.63) is 99.0 Å². The Morgan fingerprint density at radius 3 is 2.45 bits per heavy atom. The highest BCUT2D eigenvalue weighted by Gasteiger charge is 2.17. The molecule has 8 nitrogen and oxygen atoms in total. The van der Waals surface area contributed by atoms with Crippen LogP contribution in [0.25, 0.3) is 11.2 Å². The Kier molecular flexibility index (Phi) is 5.70. The summed E-state index contributed by atoms with van der Waals surface area (Å²) in [4.78, 5) is 47.1. The molecule has 2 heterocycles. The van der Waals surface area contributed by atoms with Crippen LogP contribution in [0.4, 0.5) is 5.69 Å². The summed E-state index contributed by atoms with van der Waals surface area (Å²) < 4.78 is 2.27. The fourth-order valence-corrected chi connectivity index (χ4v) is 3.39. The summed E-state index contributed by atoms with van der Waals surface area (Å²) in [5.74, 6) is -0.396. The van der Waals surface area contributed by atoms with Gasteiger partial charge in [-0.3, -0.25) is 18.7 Å². The van der Waals surface area contributed by atoms with Crippen molar-refractivity contribution in [3.63, 3.8) is 0 Å². The quantitative estimate of drug-likeness (QED) is 0.521. The second kappa shape index (κ2) is 8.74. The molecule has 0 bridgehead atoms. The summed E-state index contributed by atoms with van der Waals surface area (Å²) in [6, 6.07) is 16.7. The average Bonchev–Trinajstić information content (AvgIpc) is 2.80. The monoisotopic (exact) mass is 415 g/mol. The number of carbonyl (C=O) groups excluding carboxylic acids is 1. The van der Waals surface area contributed by atoms with Crippen molar-refractivity contribution < 1.29 is 4.79 Å². The van der Waals surface area contributed by atoms with Crippen LogP contribution < -0.4 is 16.6 Å². The van der Waals surface area contributed by atoms with E-state index in [1.54, 1.807) is 6.07 Å². The molecule has 31 heavy (non-hydrogen) atoms. The Hall–Kier alpha value is -4.07. The number of amides is 1. The molecule has 4 rings (SSSR count). The highest BCUT2D eigenvalue weighted by Crippen LogP contribution is 2.11. The van der Waals surface area contributed by atoms with Crippen LogP contribution >= 0.6 is 0 Å². The SMILES string of the molecule is CCc1cccc(NC(=O)Cn2c(=O)n(Cc3ccccc3)c(=O)c3nccnc32)c1. The number of hydrogen-bond donors (Lipinski definition) is 1. The maximum absolute atomic E-state index is 13.2. The second-order valence-corrected chi connectivity index (χ2v) is 7.08. The molecule has 2 aromatic carbocycles. The summed E-state index contributed by atoms with van der Waals surface area (Å²) in [5, 5.41) is 2.81. The second-order valence-electron chi connectivity index (χ2n) is 7.08. The number of anilines is 1. The molecule has 1 N–H and O–H groups in total. The van der Waals surface area contributed by atoms with Crippen LogP contribution in [-0.2, 0) is 24.3 Å². The van der Waals surface area contributed by atoms with Crippen LogP contribution in [0.2, 0.25) is 0 Å². The molecule has 2 aromatic heterocycles. The number of aromatic nitrogens is 4. The number of rotatable bonds is 6. The number of nitrogens with one attached hydrogen (secondary N) is 1. The number of hydrogen-bond acceptors (Lipinski definition) is 5. The zero-order chi connectivity index (χ0) is 21.8. The molecule has 0 radical (unpaired) electrons. The van der Waals surface area contributed by atoms with E-state index in [4.69, 9.17) is 0 Å². The van der Waals surface area contributed by atoms with E-state index in [2.05, 4.69) is 15.3 Å². The highest BCUT2D eigenvalue weighted by atomic mass is 16.2. The lowest BCUT2D eigenvalue weighted by molar-refractivity contribution is -0.116. The molecule has 0 aliphatic rings. The van der Waals surface area contributed by atoms with Crippen LogP contribution in [-0.4, -0.2) is 25.0 Å². The van der Waals surface area contributed by atoms with E-state index in [1.165, 1.54) is 17.0 Å². The maximum atomic E-state index is 13.2. The predicted octanol–water partition coefficient (Wildman–Crippen LogP) is 2.20. The molecule has 4 aromatic rings. The van der Waals surface area contributed by atoms with E-state index in [-0.39, 0.29) is 24.3 Å². The Bertz CT molecular complexity index is 1360. The lowest BCUT2D eigenvalue weighted by atomic mass is 10.1. The molecule has 0 atom stereocenters. The molecule has 156 valence electrons. The summed E-state index contributed by atoms with van der Waals surface area (Å²) in [6.07, 6.45) is 3.62. The van der Waals surface area contributed by atoms with Crippen molar-refractivity contribution in [3.8, 4) is 0 Å². The smallest absolute Gasteiger partial charge is 0.325 e. The normalized spacial score (nSPS) is 10.9. The fourth-order valence-electron chi connectivity index (χ4n) is 3.39. The Morgan fingerprint density at radius 1 is 0.935 bits per heavy atom. The number of fused-ring (bicyclic) bond motifs is 1. The van der Waals surface area contributed by atoms with Crippen molar-refractivity contribution in [1.82, 2.24) is 19.1 Å². The van der Waals surface area contributed by atoms with Gasteiger partial charge in [0.15, 0.2) is 11.2 Å². The van der Waals surface area contributed by atoms with Crippen molar-refractivity contribution in [1.29, 1.82) is 0 Å². The standard InChI is InChI=1S/C23H21N5O3/c1-2-16-9-6-10-18(13-16)26-19(29)15-27-21-20(24-11-12-25-21)22(30)28(23(27)31)14-17-7-4-3-5-8-17/h3-13H,2,14-15H2,1H3,(H,26,29). The Balaban J connectivity index is 1.73. The number of aryl methyl sites for hydroxylation is 1. The van der Waals surface area contributed by atoms with E-state index in [0.29, 0.717) is 5.69 Å². The van der Waals surface area contributed by atoms with Gasteiger partial charge in [0.25, 0.3) is 5.56 Å². The van der Waals surface area contributed by atoms with E-state index in [0.717, 1.165) is 22.1 Å². The molecular weight excluding hydrogens is 394 g/mol. The molecule has 1 amide bonds. The van der Waals surface area contributed by atoms with Gasteiger partial charge >= 0.3 is 5.69 Å². The Labute approximate surface area is 177 Å². The van der Waals surface area contributed by atoms with Gasteiger partial charge in [-0.05, 0) is 29.7 Å². The van der Waals surface area contributed by atoms with Crippen molar-refractivity contribution in [2.75, 3.05) is 5.32 Å². The van der Waals surface area contributed by atoms with Crippen LogP contribution in [0.3, 0.4) is 0 Å². The number of benzene rings is 2. The third-order valence-corrected chi connectivity index (χ3v) is 4.95. The zero-order valence-corrected chi connectivity index (χ0v) is 17.0. The third-order valence-electron chi connectivity index (χ3n) is 4.95. The van der Waals surface area contributed by atoms with Gasteiger partial charge in [-0.1, -0.05) is 49.4 Å². The molecule has 0 aliphatic heterocycles. The summed E-state index contributed by atoms with van der Waals surface area (Å²) >= 11 is 0. The minimum atomic E-state index is -0.612.